The number of sulfone groups is 1. The summed E-state index contributed by atoms with van der Waals surface area (Å²) >= 11 is 0. The second-order valence-corrected chi connectivity index (χ2v) is 7.55. The van der Waals surface area contributed by atoms with Gasteiger partial charge < -0.3 is 15.7 Å². The number of carboxylic acid groups (broad SMARTS) is 1. The molecule has 0 radical (unpaired) electrons. The van der Waals surface area contributed by atoms with Crippen LogP contribution >= 0.6 is 0 Å². The molecule has 0 aromatic carbocycles. The maximum Gasteiger partial charge on any atom is 0.326 e. The molecule has 0 aromatic rings. The van der Waals surface area contributed by atoms with Crippen molar-refractivity contribution in [3.05, 3.63) is 0 Å². The molecular weight excluding hydrogens is 296 g/mol. The molecule has 0 aromatic heterocycles. The number of carboxylic acids is 1. The summed E-state index contributed by atoms with van der Waals surface area (Å²) in [7, 11) is -3.27. The molecule has 0 heterocycles. The number of hydrogen-bond donors (Lipinski definition) is 3. The van der Waals surface area contributed by atoms with Crippen LogP contribution in [0.1, 0.15) is 40.0 Å². The molecule has 124 valence electrons. The molecule has 7 nitrogen and oxygen atoms in total. The lowest BCUT2D eigenvalue weighted by molar-refractivity contribution is -0.139. The molecular formula is C13H26N2O5S. The van der Waals surface area contributed by atoms with Gasteiger partial charge in [-0.15, -0.1) is 0 Å². The minimum atomic E-state index is -3.27. The fourth-order valence-electron chi connectivity index (χ4n) is 2.11. The first-order chi connectivity index (χ1) is 9.60. The van der Waals surface area contributed by atoms with E-state index in [2.05, 4.69) is 10.6 Å². The molecule has 2 atom stereocenters. The minimum Gasteiger partial charge on any atom is -0.480 e. The predicted molar refractivity (Wildman–Crippen MR) is 81.0 cm³/mol. The van der Waals surface area contributed by atoms with Gasteiger partial charge in [-0.25, -0.2) is 18.0 Å². The summed E-state index contributed by atoms with van der Waals surface area (Å²) in [6.45, 7) is 5.91. The van der Waals surface area contributed by atoms with Crippen molar-refractivity contribution in [1.82, 2.24) is 10.6 Å². The van der Waals surface area contributed by atoms with Gasteiger partial charge in [0.25, 0.3) is 0 Å². The monoisotopic (exact) mass is 322 g/mol. The maximum absolute atomic E-state index is 11.8. The Hall–Kier alpha value is -1.31. The molecule has 21 heavy (non-hydrogen) atoms. The van der Waals surface area contributed by atoms with Crippen LogP contribution in [0.25, 0.3) is 0 Å². The quantitative estimate of drug-likeness (QED) is 0.586. The summed E-state index contributed by atoms with van der Waals surface area (Å²) in [5, 5.41) is 14.0. The average molecular weight is 322 g/mol. The maximum atomic E-state index is 11.8. The number of carbonyl (C=O) groups excluding carboxylic acids is 1. The molecule has 0 aliphatic heterocycles. The SMILES string of the molecule is CCC(CC)C(C)NC(=O)NC(CCS(C)(=O)=O)C(=O)O. The minimum absolute atomic E-state index is 0.0793. The lowest BCUT2D eigenvalue weighted by Gasteiger charge is -2.23. The lowest BCUT2D eigenvalue weighted by Crippen LogP contribution is -2.50. The van der Waals surface area contributed by atoms with E-state index in [1.54, 1.807) is 0 Å². The van der Waals surface area contributed by atoms with Gasteiger partial charge in [0.1, 0.15) is 15.9 Å². The molecule has 2 amide bonds. The molecule has 0 saturated carbocycles. The van der Waals surface area contributed by atoms with Crippen LogP contribution < -0.4 is 10.6 Å². The summed E-state index contributed by atoms with van der Waals surface area (Å²) in [5.74, 6) is -1.22. The first-order valence-electron chi connectivity index (χ1n) is 7.08. The molecule has 0 saturated heterocycles. The van der Waals surface area contributed by atoms with Gasteiger partial charge in [0.15, 0.2) is 0 Å². The van der Waals surface area contributed by atoms with E-state index in [4.69, 9.17) is 5.11 Å². The highest BCUT2D eigenvalue weighted by molar-refractivity contribution is 7.90. The molecule has 0 aliphatic carbocycles. The number of carbonyl (C=O) groups is 2. The summed E-state index contributed by atoms with van der Waals surface area (Å²) in [6, 6.07) is -1.88. The lowest BCUT2D eigenvalue weighted by atomic mass is 9.96. The fraction of sp³-hybridized carbons (Fsp3) is 0.846. The molecule has 0 bridgehead atoms. The van der Waals surface area contributed by atoms with Gasteiger partial charge in [0, 0.05) is 12.3 Å². The van der Waals surface area contributed by atoms with E-state index in [-0.39, 0.29) is 18.2 Å². The van der Waals surface area contributed by atoms with Crippen molar-refractivity contribution < 1.29 is 23.1 Å². The third-order valence-corrected chi connectivity index (χ3v) is 4.47. The molecule has 8 heteroatoms. The Bertz CT molecular complexity index is 445. The largest absolute Gasteiger partial charge is 0.480 e. The number of urea groups is 1. The van der Waals surface area contributed by atoms with Crippen molar-refractivity contribution in [2.45, 2.75) is 52.1 Å². The average Bonchev–Trinajstić information content (AvgIpc) is 2.34. The smallest absolute Gasteiger partial charge is 0.326 e. The Labute approximate surface area is 126 Å². The van der Waals surface area contributed by atoms with Crippen molar-refractivity contribution in [3.63, 3.8) is 0 Å². The zero-order valence-corrected chi connectivity index (χ0v) is 13.9. The third kappa shape index (κ3) is 8.54. The first-order valence-corrected chi connectivity index (χ1v) is 9.14. The highest BCUT2D eigenvalue weighted by atomic mass is 32.2. The standard InChI is InChI=1S/C13H26N2O5S/c1-5-10(6-2)9(3)14-13(18)15-11(12(16)17)7-8-21(4,19)20/h9-11H,5-8H2,1-4H3,(H,16,17)(H2,14,15,18). The van der Waals surface area contributed by atoms with E-state index in [0.717, 1.165) is 19.1 Å². The van der Waals surface area contributed by atoms with Crippen molar-refractivity contribution in [3.8, 4) is 0 Å². The van der Waals surface area contributed by atoms with Gasteiger partial charge in [-0.1, -0.05) is 26.7 Å². The van der Waals surface area contributed by atoms with Crippen LogP contribution in [0.5, 0.6) is 0 Å². The first kappa shape index (κ1) is 19.7. The van der Waals surface area contributed by atoms with Crippen LogP contribution in [0, 0.1) is 5.92 Å². The van der Waals surface area contributed by atoms with Crippen LogP contribution in [-0.2, 0) is 14.6 Å². The zero-order chi connectivity index (χ0) is 16.6. The van der Waals surface area contributed by atoms with E-state index < -0.39 is 27.9 Å². The van der Waals surface area contributed by atoms with Gasteiger partial charge in [-0.2, -0.15) is 0 Å². The second kappa shape index (κ2) is 8.86. The number of nitrogens with one attached hydrogen (secondary N) is 2. The number of amides is 2. The van der Waals surface area contributed by atoms with Crippen LogP contribution in [0.4, 0.5) is 4.79 Å². The topological polar surface area (TPSA) is 113 Å². The Morgan fingerprint density at radius 1 is 1.14 bits per heavy atom. The predicted octanol–water partition coefficient (Wildman–Crippen LogP) is 0.998. The van der Waals surface area contributed by atoms with E-state index >= 15 is 0 Å². The van der Waals surface area contributed by atoms with Gasteiger partial charge in [0.05, 0.1) is 5.75 Å². The van der Waals surface area contributed by atoms with Gasteiger partial charge >= 0.3 is 12.0 Å². The summed E-state index contributed by atoms with van der Waals surface area (Å²) < 4.78 is 22.1. The van der Waals surface area contributed by atoms with Crippen LogP contribution in [-0.4, -0.2) is 49.6 Å². The van der Waals surface area contributed by atoms with E-state index in [9.17, 15) is 18.0 Å². The molecule has 0 fully saturated rings. The van der Waals surface area contributed by atoms with Crippen molar-refractivity contribution in [2.24, 2.45) is 5.92 Å². The highest BCUT2D eigenvalue weighted by Crippen LogP contribution is 2.12. The molecule has 0 rings (SSSR count). The Morgan fingerprint density at radius 2 is 1.67 bits per heavy atom. The highest BCUT2D eigenvalue weighted by Gasteiger charge is 2.23. The Balaban J connectivity index is 4.51. The van der Waals surface area contributed by atoms with Gasteiger partial charge in [-0.3, -0.25) is 0 Å². The second-order valence-electron chi connectivity index (χ2n) is 5.29. The Morgan fingerprint density at radius 3 is 2.05 bits per heavy atom. The van der Waals surface area contributed by atoms with E-state index in [1.807, 2.05) is 20.8 Å². The molecule has 3 N–H and O–H groups in total. The summed E-state index contributed by atoms with van der Waals surface area (Å²) in [4.78, 5) is 22.8. The number of aliphatic carboxylic acids is 1. The van der Waals surface area contributed by atoms with Crippen LogP contribution in [0.2, 0.25) is 0 Å². The third-order valence-electron chi connectivity index (χ3n) is 3.50. The molecule has 2 unspecified atom stereocenters. The Kier molecular flexibility index (Phi) is 8.31. The summed E-state index contributed by atoms with van der Waals surface area (Å²) in [5.41, 5.74) is 0. The molecule has 0 aliphatic rings. The number of rotatable bonds is 9. The van der Waals surface area contributed by atoms with E-state index in [0.29, 0.717) is 5.92 Å². The van der Waals surface area contributed by atoms with Crippen molar-refractivity contribution in [2.75, 3.05) is 12.0 Å². The fourth-order valence-corrected chi connectivity index (χ4v) is 2.77. The number of hydrogen-bond acceptors (Lipinski definition) is 4. The van der Waals surface area contributed by atoms with Crippen molar-refractivity contribution in [1.29, 1.82) is 0 Å². The van der Waals surface area contributed by atoms with Gasteiger partial charge in [0.2, 0.25) is 0 Å². The van der Waals surface area contributed by atoms with Crippen molar-refractivity contribution >= 4 is 21.8 Å². The summed E-state index contributed by atoms with van der Waals surface area (Å²) in [6.07, 6.45) is 2.70. The van der Waals surface area contributed by atoms with Crippen LogP contribution in [0.15, 0.2) is 0 Å². The normalized spacial score (nSPS) is 14.5. The van der Waals surface area contributed by atoms with Gasteiger partial charge in [-0.05, 0) is 19.3 Å². The molecule has 0 spiro atoms. The zero-order valence-electron chi connectivity index (χ0n) is 13.0. The van der Waals surface area contributed by atoms with E-state index in [1.165, 1.54) is 0 Å². The van der Waals surface area contributed by atoms with Crippen LogP contribution in [0.3, 0.4) is 0 Å².